The summed E-state index contributed by atoms with van der Waals surface area (Å²) in [6.07, 6.45) is -0.275. The Hall–Kier alpha value is -3.58. The van der Waals surface area contributed by atoms with Gasteiger partial charge in [-0.2, -0.15) is 0 Å². The summed E-state index contributed by atoms with van der Waals surface area (Å²) in [5, 5.41) is 11.4. The van der Waals surface area contributed by atoms with E-state index in [1.807, 2.05) is 42.5 Å². The highest BCUT2D eigenvalue weighted by Gasteiger charge is 2.36. The van der Waals surface area contributed by atoms with Crippen molar-refractivity contribution in [2.45, 2.75) is 18.4 Å². The highest BCUT2D eigenvalue weighted by molar-refractivity contribution is 5.63. The minimum absolute atomic E-state index is 0.147. The van der Waals surface area contributed by atoms with E-state index < -0.39 is 6.10 Å². The molecule has 0 radical (unpaired) electrons. The Kier molecular flexibility index (Phi) is 6.75. The quantitative estimate of drug-likeness (QED) is 0.524. The van der Waals surface area contributed by atoms with Crippen molar-refractivity contribution in [3.63, 3.8) is 0 Å². The summed E-state index contributed by atoms with van der Waals surface area (Å²) >= 11 is 0. The molecular weight excluding hydrogens is 436 g/mol. The van der Waals surface area contributed by atoms with Crippen molar-refractivity contribution in [2.24, 2.45) is 0 Å². The Bertz CT molecular complexity index is 1170. The van der Waals surface area contributed by atoms with Crippen LogP contribution < -0.4 is 28.4 Å². The first-order valence-electron chi connectivity index (χ1n) is 10.9. The lowest BCUT2D eigenvalue weighted by molar-refractivity contribution is 0.210. The van der Waals surface area contributed by atoms with Gasteiger partial charge in [0.15, 0.2) is 11.5 Å². The molecule has 1 aliphatic carbocycles. The topological polar surface area (TPSA) is 75.6 Å². The van der Waals surface area contributed by atoms with E-state index in [0.717, 1.165) is 27.8 Å². The average molecular weight is 467 g/mol. The molecule has 2 unspecified atom stereocenters. The van der Waals surface area contributed by atoms with Crippen LogP contribution in [0.2, 0.25) is 0 Å². The molecule has 0 spiro atoms. The molecule has 180 valence electrons. The van der Waals surface area contributed by atoms with Crippen molar-refractivity contribution < 1.29 is 33.5 Å². The summed E-state index contributed by atoms with van der Waals surface area (Å²) < 4.78 is 33.4. The highest BCUT2D eigenvalue weighted by Crippen LogP contribution is 2.51. The van der Waals surface area contributed by atoms with Crippen LogP contribution in [0.15, 0.2) is 42.5 Å². The van der Waals surface area contributed by atoms with Gasteiger partial charge in [0.2, 0.25) is 0 Å². The van der Waals surface area contributed by atoms with E-state index in [-0.39, 0.29) is 5.92 Å². The van der Waals surface area contributed by atoms with Crippen molar-refractivity contribution in [3.8, 4) is 34.5 Å². The van der Waals surface area contributed by atoms with Gasteiger partial charge in [0.25, 0.3) is 0 Å². The largest absolute Gasteiger partial charge is 0.497 e. The van der Waals surface area contributed by atoms with Gasteiger partial charge in [-0.1, -0.05) is 0 Å². The van der Waals surface area contributed by atoms with E-state index in [0.29, 0.717) is 40.9 Å². The fraction of sp³-hybridized carbons (Fsp3) is 0.333. The predicted octanol–water partition coefficient (Wildman–Crippen LogP) is 4.51. The van der Waals surface area contributed by atoms with Crippen LogP contribution in [-0.4, -0.2) is 47.8 Å². The Morgan fingerprint density at radius 1 is 0.559 bits per heavy atom. The molecular formula is C27H30O7. The van der Waals surface area contributed by atoms with Crippen LogP contribution in [0.5, 0.6) is 34.5 Å². The summed E-state index contributed by atoms with van der Waals surface area (Å²) in [7, 11) is 9.67. The van der Waals surface area contributed by atoms with E-state index >= 15 is 0 Å². The van der Waals surface area contributed by atoms with Crippen LogP contribution in [0.4, 0.5) is 0 Å². The fourth-order valence-electron chi connectivity index (χ4n) is 4.71. The van der Waals surface area contributed by atoms with Crippen molar-refractivity contribution in [2.75, 3.05) is 42.7 Å². The first-order chi connectivity index (χ1) is 16.5. The molecule has 1 N–H and O–H groups in total. The molecule has 1 aliphatic rings. The zero-order valence-corrected chi connectivity index (χ0v) is 20.3. The molecule has 0 fully saturated rings. The minimum Gasteiger partial charge on any atom is -0.497 e. The summed E-state index contributed by atoms with van der Waals surface area (Å²) in [5.74, 6) is 3.68. The second-order valence-electron chi connectivity index (χ2n) is 8.05. The monoisotopic (exact) mass is 466 g/mol. The standard InChI is InChI=1S/C27H30O7/c1-29-16-7-15(8-17(10-16)30-2)9-20-19-13-23(32-4)24(33-5)14-21(19)27(28)22-11-18(31-3)12-25(34-6)26(20)22/h7-8,10-14,20,27-28H,9H2,1-6H3. The van der Waals surface area contributed by atoms with Crippen LogP contribution in [0.1, 0.15) is 39.8 Å². The number of hydrogen-bond donors (Lipinski definition) is 1. The van der Waals surface area contributed by atoms with Gasteiger partial charge in [0, 0.05) is 23.6 Å². The summed E-state index contributed by atoms with van der Waals surface area (Å²) in [6, 6.07) is 13.3. The Morgan fingerprint density at radius 3 is 1.62 bits per heavy atom. The third-order valence-electron chi connectivity index (χ3n) is 6.36. The lowest BCUT2D eigenvalue weighted by Crippen LogP contribution is -2.21. The van der Waals surface area contributed by atoms with Gasteiger partial charge < -0.3 is 33.5 Å². The van der Waals surface area contributed by atoms with Gasteiger partial charge in [-0.15, -0.1) is 0 Å². The molecule has 7 nitrogen and oxygen atoms in total. The number of methoxy groups -OCH3 is 6. The lowest BCUT2D eigenvalue weighted by atomic mass is 9.73. The molecule has 2 atom stereocenters. The average Bonchev–Trinajstić information content (AvgIpc) is 2.88. The maximum atomic E-state index is 11.4. The number of fused-ring (bicyclic) bond motifs is 2. The first-order valence-corrected chi connectivity index (χ1v) is 10.9. The third-order valence-corrected chi connectivity index (χ3v) is 6.36. The molecule has 4 rings (SSSR count). The van der Waals surface area contributed by atoms with E-state index in [2.05, 4.69) is 0 Å². The van der Waals surface area contributed by atoms with Crippen molar-refractivity contribution in [1.82, 2.24) is 0 Å². The fourth-order valence-corrected chi connectivity index (χ4v) is 4.71. The van der Waals surface area contributed by atoms with Crippen molar-refractivity contribution in [3.05, 3.63) is 70.3 Å². The minimum atomic E-state index is -0.884. The van der Waals surface area contributed by atoms with Crippen molar-refractivity contribution in [1.29, 1.82) is 0 Å². The van der Waals surface area contributed by atoms with E-state index in [9.17, 15) is 5.11 Å². The zero-order chi connectivity index (χ0) is 24.4. The van der Waals surface area contributed by atoms with Crippen LogP contribution in [0.25, 0.3) is 0 Å². The third kappa shape index (κ3) is 4.07. The number of aliphatic hydroxyl groups is 1. The number of benzene rings is 3. The SMILES string of the molecule is COc1cc(CC2c3cc(OC)c(OC)cc3C(O)c3cc(OC)cc(OC)c32)cc(OC)c1. The molecule has 3 aromatic rings. The normalized spacial score (nSPS) is 16.2. The molecule has 0 bridgehead atoms. The molecule has 34 heavy (non-hydrogen) atoms. The second kappa shape index (κ2) is 9.73. The number of hydrogen-bond acceptors (Lipinski definition) is 7. The van der Waals surface area contributed by atoms with Crippen LogP contribution >= 0.6 is 0 Å². The van der Waals surface area contributed by atoms with Crippen molar-refractivity contribution >= 4 is 0 Å². The molecule has 7 heteroatoms. The molecule has 0 amide bonds. The van der Waals surface area contributed by atoms with Gasteiger partial charge in [-0.05, 0) is 59.0 Å². The molecule has 0 heterocycles. The van der Waals surface area contributed by atoms with E-state index in [4.69, 9.17) is 28.4 Å². The molecule has 0 saturated heterocycles. The van der Waals surface area contributed by atoms with Crippen LogP contribution in [0, 0.1) is 0 Å². The van der Waals surface area contributed by atoms with Crippen LogP contribution in [-0.2, 0) is 6.42 Å². The lowest BCUT2D eigenvalue weighted by Gasteiger charge is -2.34. The smallest absolute Gasteiger partial charge is 0.161 e. The maximum Gasteiger partial charge on any atom is 0.161 e. The van der Waals surface area contributed by atoms with Gasteiger partial charge in [0.05, 0.1) is 42.7 Å². The highest BCUT2D eigenvalue weighted by atomic mass is 16.5. The first kappa shape index (κ1) is 23.6. The zero-order valence-electron chi connectivity index (χ0n) is 20.3. The molecule has 3 aromatic carbocycles. The predicted molar refractivity (Wildman–Crippen MR) is 128 cm³/mol. The number of ether oxygens (including phenoxy) is 6. The Labute approximate surface area is 199 Å². The van der Waals surface area contributed by atoms with E-state index in [1.54, 1.807) is 42.7 Å². The Morgan fingerprint density at radius 2 is 1.09 bits per heavy atom. The molecule has 0 aliphatic heterocycles. The number of aliphatic hydroxyl groups excluding tert-OH is 1. The van der Waals surface area contributed by atoms with Gasteiger partial charge >= 0.3 is 0 Å². The summed E-state index contributed by atoms with van der Waals surface area (Å²) in [4.78, 5) is 0. The molecule has 0 saturated carbocycles. The number of rotatable bonds is 8. The Balaban J connectivity index is 1.96. The van der Waals surface area contributed by atoms with Crippen LogP contribution in [0.3, 0.4) is 0 Å². The molecule has 0 aromatic heterocycles. The second-order valence-corrected chi connectivity index (χ2v) is 8.05. The maximum absolute atomic E-state index is 11.4. The van der Waals surface area contributed by atoms with Gasteiger partial charge in [-0.3, -0.25) is 0 Å². The van der Waals surface area contributed by atoms with Gasteiger partial charge in [-0.25, -0.2) is 0 Å². The van der Waals surface area contributed by atoms with E-state index in [1.165, 1.54) is 0 Å². The van der Waals surface area contributed by atoms with Gasteiger partial charge in [0.1, 0.15) is 29.1 Å². The summed E-state index contributed by atoms with van der Waals surface area (Å²) in [6.45, 7) is 0. The summed E-state index contributed by atoms with van der Waals surface area (Å²) in [5.41, 5.74) is 4.33.